The summed E-state index contributed by atoms with van der Waals surface area (Å²) in [5, 5.41) is 0. The average molecular weight is 291 g/mol. The third kappa shape index (κ3) is 3.65. The third-order valence-electron chi connectivity index (χ3n) is 3.87. The van der Waals surface area contributed by atoms with Crippen molar-refractivity contribution in [1.29, 1.82) is 0 Å². The highest BCUT2D eigenvalue weighted by molar-refractivity contribution is 7.91. The Labute approximate surface area is 113 Å². The van der Waals surface area contributed by atoms with Crippen molar-refractivity contribution >= 4 is 15.7 Å². The predicted octanol–water partition coefficient (Wildman–Crippen LogP) is -1.36. The summed E-state index contributed by atoms with van der Waals surface area (Å²) in [7, 11) is -0.957. The van der Waals surface area contributed by atoms with Crippen molar-refractivity contribution in [3.05, 3.63) is 0 Å². The molecule has 7 nitrogen and oxygen atoms in total. The molecule has 0 radical (unpaired) electrons. The second-order valence-electron chi connectivity index (χ2n) is 5.33. The maximum atomic E-state index is 11.4. The van der Waals surface area contributed by atoms with Crippen molar-refractivity contribution < 1.29 is 17.9 Å². The molecule has 0 aromatic rings. The number of likely N-dealkylation sites (N-methyl/N-ethyl adjacent to an activating group) is 1. The Morgan fingerprint density at radius 2 is 2.16 bits per heavy atom. The molecule has 0 saturated carbocycles. The monoisotopic (exact) mass is 291 g/mol. The molecule has 8 heteroatoms. The van der Waals surface area contributed by atoms with Crippen LogP contribution in [0.2, 0.25) is 0 Å². The molecule has 3 unspecified atom stereocenters. The van der Waals surface area contributed by atoms with Gasteiger partial charge in [-0.1, -0.05) is 0 Å². The molecular weight excluding hydrogens is 270 g/mol. The van der Waals surface area contributed by atoms with Gasteiger partial charge >= 0.3 is 0 Å². The molecule has 1 amide bonds. The van der Waals surface area contributed by atoms with E-state index in [4.69, 9.17) is 10.6 Å². The van der Waals surface area contributed by atoms with Crippen molar-refractivity contribution in [3.63, 3.8) is 0 Å². The Hall–Kier alpha value is -0.700. The van der Waals surface area contributed by atoms with Gasteiger partial charge in [-0.2, -0.15) is 0 Å². The lowest BCUT2D eigenvalue weighted by molar-refractivity contribution is -0.132. The number of carbonyl (C=O) groups excluding carboxylic acids is 1. The maximum absolute atomic E-state index is 11.4. The van der Waals surface area contributed by atoms with E-state index in [2.05, 4.69) is 5.43 Å². The van der Waals surface area contributed by atoms with Gasteiger partial charge in [-0.15, -0.1) is 0 Å². The quantitative estimate of drug-likeness (QED) is 0.377. The molecule has 2 fully saturated rings. The smallest absolute Gasteiger partial charge is 0.263 e. The van der Waals surface area contributed by atoms with E-state index in [1.165, 1.54) is 0 Å². The van der Waals surface area contributed by atoms with Crippen LogP contribution in [0.4, 0.5) is 0 Å². The number of hydrazine groups is 1. The number of carbonyl (C=O) groups is 1. The molecule has 2 saturated heterocycles. The van der Waals surface area contributed by atoms with E-state index < -0.39 is 15.9 Å². The van der Waals surface area contributed by atoms with Crippen LogP contribution in [0, 0.1) is 0 Å². The normalized spacial score (nSPS) is 33.7. The van der Waals surface area contributed by atoms with Crippen LogP contribution in [-0.2, 0) is 19.4 Å². The molecule has 0 aromatic heterocycles. The fraction of sp³-hybridized carbons (Fsp3) is 0.909. The molecular formula is C11H21N3O4S. The lowest BCUT2D eigenvalue weighted by atomic mass is 10.1. The van der Waals surface area contributed by atoms with E-state index >= 15 is 0 Å². The van der Waals surface area contributed by atoms with Gasteiger partial charge in [0.05, 0.1) is 17.6 Å². The van der Waals surface area contributed by atoms with Crippen LogP contribution in [-0.4, -0.2) is 62.6 Å². The molecule has 3 atom stereocenters. The van der Waals surface area contributed by atoms with Gasteiger partial charge in [-0.05, 0) is 26.3 Å². The molecule has 2 heterocycles. The van der Waals surface area contributed by atoms with Gasteiger partial charge in [-0.3, -0.25) is 15.1 Å². The number of amides is 1. The van der Waals surface area contributed by atoms with Crippen LogP contribution >= 0.6 is 0 Å². The summed E-state index contributed by atoms with van der Waals surface area (Å²) in [6, 6.07) is 0.0657. The van der Waals surface area contributed by atoms with Crippen molar-refractivity contribution in [1.82, 2.24) is 10.3 Å². The molecule has 3 N–H and O–H groups in total. The average Bonchev–Trinajstić information content (AvgIpc) is 2.94. The number of hydrogen-bond donors (Lipinski definition) is 2. The Morgan fingerprint density at radius 3 is 2.74 bits per heavy atom. The number of ether oxygens (including phenoxy) is 1. The molecule has 0 bridgehead atoms. The summed E-state index contributed by atoms with van der Waals surface area (Å²) in [4.78, 5) is 13.4. The van der Waals surface area contributed by atoms with Crippen LogP contribution in [0.1, 0.15) is 19.3 Å². The summed E-state index contributed by atoms with van der Waals surface area (Å²) in [5.74, 6) is 5.27. The summed E-state index contributed by atoms with van der Waals surface area (Å²) in [6.45, 7) is 0.647. The largest absolute Gasteiger partial charge is 0.364 e. The SMILES string of the molecule is CN(CC1CCC(C(=O)NN)O1)C1CCS(=O)(=O)C1. The van der Waals surface area contributed by atoms with Crippen LogP contribution in [0.25, 0.3) is 0 Å². The van der Waals surface area contributed by atoms with E-state index in [1.54, 1.807) is 0 Å². The van der Waals surface area contributed by atoms with Gasteiger partial charge in [-0.25, -0.2) is 14.3 Å². The first-order chi connectivity index (χ1) is 8.91. The molecule has 0 spiro atoms. The van der Waals surface area contributed by atoms with E-state index in [-0.39, 0.29) is 29.6 Å². The lowest BCUT2D eigenvalue weighted by Gasteiger charge is -2.26. The Balaban J connectivity index is 1.81. The Kier molecular flexibility index (Phi) is 4.44. The molecule has 110 valence electrons. The second-order valence-corrected chi connectivity index (χ2v) is 7.56. The number of nitrogens with two attached hydrogens (primary N) is 1. The zero-order valence-electron chi connectivity index (χ0n) is 11.0. The summed E-state index contributed by atoms with van der Waals surface area (Å²) < 4.78 is 28.5. The summed E-state index contributed by atoms with van der Waals surface area (Å²) in [6.07, 6.45) is 1.62. The molecule has 2 rings (SSSR count). The first-order valence-electron chi connectivity index (χ1n) is 6.48. The van der Waals surface area contributed by atoms with E-state index in [0.29, 0.717) is 19.4 Å². The number of hydrogen-bond acceptors (Lipinski definition) is 6. The maximum Gasteiger partial charge on any atom is 0.263 e. The molecule has 0 aromatic carbocycles. The minimum Gasteiger partial charge on any atom is -0.364 e. The fourth-order valence-electron chi connectivity index (χ4n) is 2.72. The first-order valence-corrected chi connectivity index (χ1v) is 8.30. The van der Waals surface area contributed by atoms with Gasteiger partial charge < -0.3 is 4.74 Å². The lowest BCUT2D eigenvalue weighted by Crippen LogP contribution is -2.41. The fourth-order valence-corrected chi connectivity index (χ4v) is 4.52. The number of sulfone groups is 1. The van der Waals surface area contributed by atoms with Gasteiger partial charge in [0.25, 0.3) is 5.91 Å². The zero-order valence-corrected chi connectivity index (χ0v) is 11.9. The van der Waals surface area contributed by atoms with Crippen molar-refractivity contribution in [2.75, 3.05) is 25.1 Å². The topological polar surface area (TPSA) is 102 Å². The highest BCUT2D eigenvalue weighted by atomic mass is 32.2. The second kappa shape index (κ2) is 5.74. The van der Waals surface area contributed by atoms with E-state index in [0.717, 1.165) is 6.42 Å². The first kappa shape index (κ1) is 14.7. The summed E-state index contributed by atoms with van der Waals surface area (Å²) in [5.41, 5.74) is 2.09. The van der Waals surface area contributed by atoms with Crippen LogP contribution in [0.5, 0.6) is 0 Å². The van der Waals surface area contributed by atoms with E-state index in [1.807, 2.05) is 11.9 Å². The standard InChI is InChI=1S/C11H21N3O4S/c1-14(8-4-5-19(16,17)7-8)6-9-2-3-10(18-9)11(15)13-12/h8-10H,2-7,12H2,1H3,(H,13,15). The highest BCUT2D eigenvalue weighted by Crippen LogP contribution is 2.23. The Bertz CT molecular complexity index is 439. The Morgan fingerprint density at radius 1 is 1.42 bits per heavy atom. The number of rotatable bonds is 4. The number of nitrogens with zero attached hydrogens (tertiary/aromatic N) is 1. The highest BCUT2D eigenvalue weighted by Gasteiger charge is 2.35. The zero-order chi connectivity index (χ0) is 14.0. The minimum absolute atomic E-state index is 0.0318. The predicted molar refractivity (Wildman–Crippen MR) is 69.9 cm³/mol. The van der Waals surface area contributed by atoms with Gasteiger partial charge in [0.1, 0.15) is 6.10 Å². The van der Waals surface area contributed by atoms with Gasteiger partial charge in [0.2, 0.25) is 0 Å². The van der Waals surface area contributed by atoms with Gasteiger partial charge in [0.15, 0.2) is 9.84 Å². The van der Waals surface area contributed by atoms with Crippen LogP contribution in [0.15, 0.2) is 0 Å². The van der Waals surface area contributed by atoms with Crippen molar-refractivity contribution in [2.24, 2.45) is 5.84 Å². The van der Waals surface area contributed by atoms with Crippen molar-refractivity contribution in [2.45, 2.75) is 37.5 Å². The van der Waals surface area contributed by atoms with Crippen LogP contribution in [0.3, 0.4) is 0 Å². The summed E-state index contributed by atoms with van der Waals surface area (Å²) >= 11 is 0. The molecule has 2 aliphatic heterocycles. The van der Waals surface area contributed by atoms with Crippen LogP contribution < -0.4 is 11.3 Å². The number of nitrogens with one attached hydrogen (secondary N) is 1. The molecule has 2 aliphatic rings. The van der Waals surface area contributed by atoms with Gasteiger partial charge in [0, 0.05) is 12.6 Å². The molecule has 19 heavy (non-hydrogen) atoms. The van der Waals surface area contributed by atoms with E-state index in [9.17, 15) is 13.2 Å². The molecule has 0 aliphatic carbocycles. The van der Waals surface area contributed by atoms with Crippen molar-refractivity contribution in [3.8, 4) is 0 Å². The minimum atomic E-state index is -2.87. The third-order valence-corrected chi connectivity index (χ3v) is 5.62.